The van der Waals surface area contributed by atoms with Crippen LogP contribution in [0.15, 0.2) is 12.2 Å². The summed E-state index contributed by atoms with van der Waals surface area (Å²) in [6.07, 6.45) is 70.8. The summed E-state index contributed by atoms with van der Waals surface area (Å²) in [6.45, 7) is 4.98. The van der Waals surface area contributed by atoms with E-state index in [2.05, 4.69) is 31.3 Å². The van der Waals surface area contributed by atoms with E-state index >= 15 is 0 Å². The van der Waals surface area contributed by atoms with Crippen LogP contribution in [-0.4, -0.2) is 47.4 Å². The summed E-state index contributed by atoms with van der Waals surface area (Å²) >= 11 is 0. The smallest absolute Gasteiger partial charge is 0.305 e. The normalized spacial score (nSPS) is 12.6. The molecule has 0 aromatic rings. The Morgan fingerprint density at radius 2 is 0.681 bits per heavy atom. The lowest BCUT2D eigenvalue weighted by molar-refractivity contribution is -0.143. The van der Waals surface area contributed by atoms with Gasteiger partial charge in [0.05, 0.1) is 25.4 Å². The van der Waals surface area contributed by atoms with Crippen LogP contribution in [-0.2, 0) is 14.3 Å². The number of ether oxygens (including phenoxy) is 1. The van der Waals surface area contributed by atoms with E-state index in [4.69, 9.17) is 4.74 Å². The predicted octanol–water partition coefficient (Wildman–Crippen LogP) is 19.6. The minimum atomic E-state index is -0.668. The Morgan fingerprint density at radius 3 is 1.03 bits per heavy atom. The largest absolute Gasteiger partial charge is 0.466 e. The highest BCUT2D eigenvalue weighted by Gasteiger charge is 2.20. The van der Waals surface area contributed by atoms with E-state index in [1.54, 1.807) is 0 Å². The fourth-order valence-corrected chi connectivity index (χ4v) is 9.99. The Balaban J connectivity index is 3.40. The van der Waals surface area contributed by atoms with Gasteiger partial charge in [-0.2, -0.15) is 0 Å². The van der Waals surface area contributed by atoms with Gasteiger partial charge in [0.1, 0.15) is 0 Å². The zero-order valence-electron chi connectivity index (χ0n) is 46.8. The maximum Gasteiger partial charge on any atom is 0.305 e. The van der Waals surface area contributed by atoms with Gasteiger partial charge in [-0.1, -0.05) is 302 Å². The molecule has 0 radical (unpaired) electrons. The topological polar surface area (TPSA) is 95.9 Å². The second-order valence-corrected chi connectivity index (χ2v) is 21.7. The Labute approximate surface area is 431 Å². The second kappa shape index (κ2) is 59.2. The molecule has 6 heteroatoms. The van der Waals surface area contributed by atoms with Crippen molar-refractivity contribution in [2.45, 2.75) is 366 Å². The molecule has 2 atom stereocenters. The van der Waals surface area contributed by atoms with Crippen molar-refractivity contribution >= 4 is 11.9 Å². The van der Waals surface area contributed by atoms with Crippen LogP contribution in [0.4, 0.5) is 0 Å². The van der Waals surface area contributed by atoms with Crippen LogP contribution in [0, 0.1) is 0 Å². The summed E-state index contributed by atoms with van der Waals surface area (Å²) < 4.78 is 5.49. The molecule has 0 aliphatic rings. The number of esters is 1. The van der Waals surface area contributed by atoms with Crippen LogP contribution in [0.5, 0.6) is 0 Å². The van der Waals surface area contributed by atoms with Crippen LogP contribution >= 0.6 is 0 Å². The molecule has 6 nitrogen and oxygen atoms in total. The quantitative estimate of drug-likeness (QED) is 0.0321. The first kappa shape index (κ1) is 67.6. The highest BCUT2D eigenvalue weighted by molar-refractivity contribution is 5.76. The third-order valence-corrected chi connectivity index (χ3v) is 14.8. The molecule has 0 heterocycles. The summed E-state index contributed by atoms with van der Waals surface area (Å²) in [5.74, 6) is -0.0278. The van der Waals surface area contributed by atoms with Crippen molar-refractivity contribution in [1.29, 1.82) is 0 Å². The molecular formula is C63H123NO5. The van der Waals surface area contributed by atoms with Gasteiger partial charge >= 0.3 is 5.97 Å². The van der Waals surface area contributed by atoms with E-state index in [1.807, 2.05) is 0 Å². The molecule has 1 amide bonds. The number of nitrogens with one attached hydrogen (secondary N) is 1. The number of aliphatic hydroxyl groups excluding tert-OH is 2. The van der Waals surface area contributed by atoms with Gasteiger partial charge in [0.2, 0.25) is 5.91 Å². The molecule has 0 rings (SSSR count). The molecule has 0 aromatic carbocycles. The molecule has 0 aliphatic carbocycles. The highest BCUT2D eigenvalue weighted by atomic mass is 16.5. The summed E-state index contributed by atoms with van der Waals surface area (Å²) in [4.78, 5) is 24.6. The maximum atomic E-state index is 12.5. The SMILES string of the molecule is CCCCCCCCCCCCCCCCCCC(=O)OCCCCCCCCCCCC/C=C\CCCCCCCCCC(=O)NC(CO)C(O)CCCCCCCCCCCCCCCCC. The van der Waals surface area contributed by atoms with Gasteiger partial charge in [-0.05, 0) is 51.4 Å². The third-order valence-electron chi connectivity index (χ3n) is 14.8. The Bertz CT molecular complexity index is 1030. The van der Waals surface area contributed by atoms with E-state index in [1.165, 1.54) is 283 Å². The number of hydrogen-bond acceptors (Lipinski definition) is 5. The molecule has 0 aromatic heterocycles. The third kappa shape index (κ3) is 55.8. The monoisotopic (exact) mass is 974 g/mol. The zero-order chi connectivity index (χ0) is 50.0. The van der Waals surface area contributed by atoms with Crippen molar-refractivity contribution < 1.29 is 24.5 Å². The highest BCUT2D eigenvalue weighted by Crippen LogP contribution is 2.18. The molecular weight excluding hydrogens is 851 g/mol. The summed E-state index contributed by atoms with van der Waals surface area (Å²) in [5, 5.41) is 23.3. The lowest BCUT2D eigenvalue weighted by Crippen LogP contribution is -2.45. The van der Waals surface area contributed by atoms with Crippen LogP contribution in [0.2, 0.25) is 0 Å². The van der Waals surface area contributed by atoms with E-state index in [0.29, 0.717) is 25.9 Å². The number of unbranched alkanes of at least 4 members (excludes halogenated alkanes) is 46. The van der Waals surface area contributed by atoms with Gasteiger partial charge in [0.15, 0.2) is 0 Å². The number of carbonyl (C=O) groups excluding carboxylic acids is 2. The maximum absolute atomic E-state index is 12.5. The molecule has 0 spiro atoms. The van der Waals surface area contributed by atoms with Crippen LogP contribution in [0.1, 0.15) is 354 Å². The van der Waals surface area contributed by atoms with Crippen molar-refractivity contribution in [1.82, 2.24) is 5.32 Å². The van der Waals surface area contributed by atoms with Gasteiger partial charge in [-0.3, -0.25) is 9.59 Å². The van der Waals surface area contributed by atoms with Gasteiger partial charge in [-0.15, -0.1) is 0 Å². The lowest BCUT2D eigenvalue weighted by atomic mass is 10.0. The van der Waals surface area contributed by atoms with Crippen molar-refractivity contribution in [2.75, 3.05) is 13.2 Å². The molecule has 410 valence electrons. The molecule has 3 N–H and O–H groups in total. The molecule has 0 saturated heterocycles. The Hall–Kier alpha value is -1.40. The second-order valence-electron chi connectivity index (χ2n) is 21.7. The molecule has 0 fully saturated rings. The first-order valence-corrected chi connectivity index (χ1v) is 31.4. The molecule has 0 saturated carbocycles. The molecule has 0 bridgehead atoms. The van der Waals surface area contributed by atoms with Crippen LogP contribution < -0.4 is 5.32 Å². The van der Waals surface area contributed by atoms with Crippen molar-refractivity contribution in [2.24, 2.45) is 0 Å². The zero-order valence-corrected chi connectivity index (χ0v) is 46.8. The standard InChI is InChI=1S/C63H123NO5/c1-3-5-7-9-11-13-15-17-19-29-33-37-41-45-49-53-57-63(68)69-58-54-50-46-42-38-34-30-26-24-22-20-21-23-25-28-32-36-40-44-48-52-56-62(67)64-60(59-65)61(66)55-51-47-43-39-35-31-27-18-16-14-12-10-8-6-4-2/h21,23,60-61,65-66H,3-20,22,24-59H2,1-2H3,(H,64,67)/b23-21-. The summed E-state index contributed by atoms with van der Waals surface area (Å²) in [5.41, 5.74) is 0. The Morgan fingerprint density at radius 1 is 0.391 bits per heavy atom. The molecule has 0 aliphatic heterocycles. The average Bonchev–Trinajstić information content (AvgIpc) is 3.35. The molecule has 69 heavy (non-hydrogen) atoms. The van der Waals surface area contributed by atoms with Crippen molar-refractivity contribution in [3.63, 3.8) is 0 Å². The number of aliphatic hydroxyl groups is 2. The van der Waals surface area contributed by atoms with E-state index in [0.717, 1.165) is 38.5 Å². The van der Waals surface area contributed by atoms with Crippen molar-refractivity contribution in [3.05, 3.63) is 12.2 Å². The van der Waals surface area contributed by atoms with Crippen LogP contribution in [0.3, 0.4) is 0 Å². The van der Waals surface area contributed by atoms with Gasteiger partial charge in [-0.25, -0.2) is 0 Å². The fraction of sp³-hybridized carbons (Fsp3) is 0.937. The number of amides is 1. The van der Waals surface area contributed by atoms with E-state index in [-0.39, 0.29) is 18.5 Å². The fourth-order valence-electron chi connectivity index (χ4n) is 9.99. The number of rotatable bonds is 59. The van der Waals surface area contributed by atoms with Gasteiger partial charge < -0.3 is 20.3 Å². The minimum Gasteiger partial charge on any atom is -0.466 e. The number of hydrogen-bond donors (Lipinski definition) is 3. The first-order chi connectivity index (χ1) is 34.0. The van der Waals surface area contributed by atoms with Crippen LogP contribution in [0.25, 0.3) is 0 Å². The number of carbonyl (C=O) groups is 2. The van der Waals surface area contributed by atoms with E-state index in [9.17, 15) is 19.8 Å². The first-order valence-electron chi connectivity index (χ1n) is 31.4. The average molecular weight is 975 g/mol. The molecule has 2 unspecified atom stereocenters. The summed E-state index contributed by atoms with van der Waals surface area (Å²) in [7, 11) is 0. The minimum absolute atomic E-state index is 0.0124. The Kier molecular flexibility index (Phi) is 58.0. The van der Waals surface area contributed by atoms with Crippen molar-refractivity contribution in [3.8, 4) is 0 Å². The summed E-state index contributed by atoms with van der Waals surface area (Å²) in [6, 6.07) is -0.546. The predicted molar refractivity (Wildman–Crippen MR) is 301 cm³/mol. The van der Waals surface area contributed by atoms with Gasteiger partial charge in [0.25, 0.3) is 0 Å². The lowest BCUT2D eigenvalue weighted by Gasteiger charge is -2.22. The van der Waals surface area contributed by atoms with E-state index < -0.39 is 12.1 Å². The number of allylic oxidation sites excluding steroid dienone is 2. The van der Waals surface area contributed by atoms with Gasteiger partial charge in [0, 0.05) is 12.8 Å².